The molecule has 0 unspecified atom stereocenters. The maximum absolute atomic E-state index is 12.4. The monoisotopic (exact) mass is 405 g/mol. The standard InChI is InChI=1S/C24H27N3O3/c1-2-30-23-15-17(11-12-22(23)28)16-25-26-24(29)13-14-27-20-9-5-3-7-18(20)19-8-4-6-10-21(19)27/h3,5,7,9,11-12,15-16,28H,2,4,6,8,10,13-14H2,1H3,(H,26,29). The summed E-state index contributed by atoms with van der Waals surface area (Å²) in [4.78, 5) is 12.4. The van der Waals surface area contributed by atoms with Crippen molar-refractivity contribution in [1.29, 1.82) is 0 Å². The van der Waals surface area contributed by atoms with Gasteiger partial charge in [-0.05, 0) is 68.0 Å². The Morgan fingerprint density at radius 1 is 1.23 bits per heavy atom. The molecule has 1 amide bonds. The molecule has 4 rings (SSSR count). The van der Waals surface area contributed by atoms with Crippen LogP contribution in [-0.4, -0.2) is 28.4 Å². The highest BCUT2D eigenvalue weighted by Crippen LogP contribution is 2.32. The number of nitrogens with zero attached hydrogens (tertiary/aromatic N) is 2. The van der Waals surface area contributed by atoms with E-state index >= 15 is 0 Å². The molecular weight excluding hydrogens is 378 g/mol. The minimum atomic E-state index is -0.127. The van der Waals surface area contributed by atoms with Gasteiger partial charge in [0.1, 0.15) is 0 Å². The predicted octanol–water partition coefficient (Wildman–Crippen LogP) is 4.16. The van der Waals surface area contributed by atoms with Crippen LogP contribution in [0.2, 0.25) is 0 Å². The molecule has 1 aromatic heterocycles. The van der Waals surface area contributed by atoms with E-state index in [1.807, 2.05) is 6.92 Å². The summed E-state index contributed by atoms with van der Waals surface area (Å²) in [7, 11) is 0. The van der Waals surface area contributed by atoms with Crippen LogP contribution in [0.1, 0.15) is 43.0 Å². The van der Waals surface area contributed by atoms with E-state index < -0.39 is 0 Å². The first-order valence-corrected chi connectivity index (χ1v) is 10.5. The van der Waals surface area contributed by atoms with Crippen LogP contribution in [0.15, 0.2) is 47.6 Å². The van der Waals surface area contributed by atoms with Crippen molar-refractivity contribution in [2.45, 2.75) is 45.6 Å². The fraction of sp³-hybridized carbons (Fsp3) is 0.333. The second-order valence-electron chi connectivity index (χ2n) is 7.50. The van der Waals surface area contributed by atoms with E-state index in [0.29, 0.717) is 25.3 Å². The molecule has 1 aliphatic carbocycles. The van der Waals surface area contributed by atoms with Gasteiger partial charge >= 0.3 is 0 Å². The quantitative estimate of drug-likeness (QED) is 0.458. The lowest BCUT2D eigenvalue weighted by Gasteiger charge is -2.15. The minimum Gasteiger partial charge on any atom is -0.504 e. The molecule has 0 aliphatic heterocycles. The molecular formula is C24H27N3O3. The van der Waals surface area contributed by atoms with Crippen LogP contribution in [0.4, 0.5) is 0 Å². The summed E-state index contributed by atoms with van der Waals surface area (Å²) in [5.41, 5.74) is 7.39. The molecule has 0 saturated carbocycles. The number of aromatic hydroxyl groups is 1. The van der Waals surface area contributed by atoms with Gasteiger partial charge in [0, 0.05) is 29.6 Å². The highest BCUT2D eigenvalue weighted by atomic mass is 16.5. The molecule has 0 fully saturated rings. The maximum atomic E-state index is 12.4. The summed E-state index contributed by atoms with van der Waals surface area (Å²) in [6, 6.07) is 13.4. The average Bonchev–Trinajstić information content (AvgIpc) is 3.08. The van der Waals surface area contributed by atoms with Gasteiger partial charge in [-0.15, -0.1) is 0 Å². The van der Waals surface area contributed by atoms with E-state index in [2.05, 4.69) is 39.4 Å². The molecule has 6 heteroatoms. The molecule has 1 aliphatic rings. The highest BCUT2D eigenvalue weighted by molar-refractivity contribution is 5.86. The Balaban J connectivity index is 1.40. The molecule has 0 saturated heterocycles. The third-order valence-electron chi connectivity index (χ3n) is 5.53. The largest absolute Gasteiger partial charge is 0.504 e. The van der Waals surface area contributed by atoms with Crippen LogP contribution < -0.4 is 10.2 Å². The first-order chi connectivity index (χ1) is 14.7. The maximum Gasteiger partial charge on any atom is 0.241 e. The Hall–Kier alpha value is -3.28. The summed E-state index contributed by atoms with van der Waals surface area (Å²) < 4.78 is 7.67. The number of hydrazone groups is 1. The van der Waals surface area contributed by atoms with Gasteiger partial charge in [0.25, 0.3) is 0 Å². The first-order valence-electron chi connectivity index (χ1n) is 10.5. The van der Waals surface area contributed by atoms with E-state index in [1.54, 1.807) is 24.4 Å². The molecule has 3 aromatic rings. The summed E-state index contributed by atoms with van der Waals surface area (Å²) in [5.74, 6) is 0.356. The Bertz CT molecular complexity index is 1080. The van der Waals surface area contributed by atoms with E-state index in [4.69, 9.17) is 4.74 Å². The normalized spacial score (nSPS) is 13.5. The van der Waals surface area contributed by atoms with Crippen molar-refractivity contribution in [1.82, 2.24) is 9.99 Å². The lowest BCUT2D eigenvalue weighted by Crippen LogP contribution is -2.20. The van der Waals surface area contributed by atoms with Crippen molar-refractivity contribution in [3.63, 3.8) is 0 Å². The number of carbonyl (C=O) groups excluding carboxylic acids is 1. The molecule has 2 aromatic carbocycles. The summed E-state index contributed by atoms with van der Waals surface area (Å²) in [6.45, 7) is 2.96. The number of para-hydroxylation sites is 1. The number of carbonyl (C=O) groups is 1. The molecule has 0 spiro atoms. The van der Waals surface area contributed by atoms with Gasteiger partial charge in [-0.2, -0.15) is 5.10 Å². The molecule has 0 bridgehead atoms. The topological polar surface area (TPSA) is 75.8 Å². The molecule has 2 N–H and O–H groups in total. The molecule has 156 valence electrons. The zero-order chi connectivity index (χ0) is 20.9. The van der Waals surface area contributed by atoms with Gasteiger partial charge in [0.15, 0.2) is 11.5 Å². The molecule has 1 heterocycles. The Morgan fingerprint density at radius 2 is 2.07 bits per heavy atom. The number of benzene rings is 2. The van der Waals surface area contributed by atoms with Gasteiger partial charge < -0.3 is 14.4 Å². The number of nitrogens with one attached hydrogen (secondary N) is 1. The third-order valence-corrected chi connectivity index (χ3v) is 5.53. The molecule has 6 nitrogen and oxygen atoms in total. The second-order valence-corrected chi connectivity index (χ2v) is 7.50. The Morgan fingerprint density at radius 3 is 2.93 bits per heavy atom. The number of amides is 1. The van der Waals surface area contributed by atoms with Gasteiger partial charge in [-0.3, -0.25) is 4.79 Å². The lowest BCUT2D eigenvalue weighted by molar-refractivity contribution is -0.121. The predicted molar refractivity (Wildman–Crippen MR) is 118 cm³/mol. The number of phenolic OH excluding ortho intramolecular Hbond substituents is 1. The number of fused-ring (bicyclic) bond motifs is 3. The van der Waals surface area contributed by atoms with Crippen LogP contribution >= 0.6 is 0 Å². The molecule has 0 atom stereocenters. The SMILES string of the molecule is CCOc1cc(C=NNC(=O)CCn2c3c(c4ccccc42)CCCC3)ccc1O. The molecule has 30 heavy (non-hydrogen) atoms. The van der Waals surface area contributed by atoms with E-state index in [1.165, 1.54) is 35.0 Å². The van der Waals surface area contributed by atoms with Gasteiger partial charge in [-0.1, -0.05) is 18.2 Å². The number of hydrogen-bond donors (Lipinski definition) is 2. The number of hydrogen-bond acceptors (Lipinski definition) is 4. The molecule has 0 radical (unpaired) electrons. The highest BCUT2D eigenvalue weighted by Gasteiger charge is 2.19. The van der Waals surface area contributed by atoms with Gasteiger partial charge in [-0.25, -0.2) is 5.43 Å². The average molecular weight is 405 g/mol. The summed E-state index contributed by atoms with van der Waals surface area (Å²) >= 11 is 0. The van der Waals surface area contributed by atoms with Crippen molar-refractivity contribution >= 4 is 23.0 Å². The number of aryl methyl sites for hydroxylation is 2. The lowest BCUT2D eigenvalue weighted by atomic mass is 9.95. The zero-order valence-electron chi connectivity index (χ0n) is 17.2. The van der Waals surface area contributed by atoms with E-state index in [-0.39, 0.29) is 11.7 Å². The smallest absolute Gasteiger partial charge is 0.241 e. The van der Waals surface area contributed by atoms with Crippen molar-refractivity contribution in [3.8, 4) is 11.5 Å². The van der Waals surface area contributed by atoms with Crippen LogP contribution in [0.3, 0.4) is 0 Å². The summed E-state index contributed by atoms with van der Waals surface area (Å²) in [6.07, 6.45) is 6.55. The minimum absolute atomic E-state index is 0.0836. The fourth-order valence-corrected chi connectivity index (χ4v) is 4.17. The number of ether oxygens (including phenoxy) is 1. The van der Waals surface area contributed by atoms with Crippen molar-refractivity contribution in [2.24, 2.45) is 5.10 Å². The van der Waals surface area contributed by atoms with Gasteiger partial charge in [0.05, 0.1) is 12.8 Å². The summed E-state index contributed by atoms with van der Waals surface area (Å²) in [5, 5.41) is 15.1. The van der Waals surface area contributed by atoms with Crippen molar-refractivity contribution in [3.05, 3.63) is 59.3 Å². The third kappa shape index (κ3) is 4.17. The fourth-order valence-electron chi connectivity index (χ4n) is 4.17. The Labute approximate surface area is 176 Å². The van der Waals surface area contributed by atoms with Crippen LogP contribution in [0, 0.1) is 0 Å². The van der Waals surface area contributed by atoms with Crippen LogP contribution in [0.25, 0.3) is 10.9 Å². The van der Waals surface area contributed by atoms with E-state index in [9.17, 15) is 9.90 Å². The van der Waals surface area contributed by atoms with Crippen LogP contribution in [-0.2, 0) is 24.2 Å². The van der Waals surface area contributed by atoms with E-state index in [0.717, 1.165) is 18.4 Å². The van der Waals surface area contributed by atoms with Crippen molar-refractivity contribution in [2.75, 3.05) is 6.61 Å². The Kier molecular flexibility index (Phi) is 6.02. The van der Waals surface area contributed by atoms with Crippen molar-refractivity contribution < 1.29 is 14.6 Å². The second kappa shape index (κ2) is 9.03. The number of phenols is 1. The first kappa shape index (κ1) is 20.0. The zero-order valence-corrected chi connectivity index (χ0v) is 17.2. The van der Waals surface area contributed by atoms with Crippen LogP contribution in [0.5, 0.6) is 11.5 Å². The van der Waals surface area contributed by atoms with Gasteiger partial charge in [0.2, 0.25) is 5.91 Å². The number of rotatable bonds is 7. The number of aromatic nitrogens is 1.